The summed E-state index contributed by atoms with van der Waals surface area (Å²) in [7, 11) is 1.83. The second kappa shape index (κ2) is 8.88. The molecule has 0 radical (unpaired) electrons. The number of carbonyl (C=O) groups excluding carboxylic acids is 1. The molecule has 150 valence electrons. The third-order valence-electron chi connectivity index (χ3n) is 4.52. The van der Waals surface area contributed by atoms with Crippen molar-refractivity contribution in [2.24, 2.45) is 0 Å². The summed E-state index contributed by atoms with van der Waals surface area (Å²) in [5.41, 5.74) is 1.81. The van der Waals surface area contributed by atoms with Gasteiger partial charge in [-0.1, -0.05) is 18.2 Å². The van der Waals surface area contributed by atoms with E-state index in [-0.39, 0.29) is 24.5 Å². The van der Waals surface area contributed by atoms with E-state index < -0.39 is 6.61 Å². The van der Waals surface area contributed by atoms with Crippen LogP contribution in [0, 0.1) is 0 Å². The van der Waals surface area contributed by atoms with Crippen molar-refractivity contribution in [1.29, 1.82) is 0 Å². The van der Waals surface area contributed by atoms with Crippen molar-refractivity contribution in [3.8, 4) is 17.2 Å². The van der Waals surface area contributed by atoms with Crippen molar-refractivity contribution in [3.05, 3.63) is 53.6 Å². The number of nitrogens with zero attached hydrogens (tertiary/aromatic N) is 1. The Bertz CT molecular complexity index is 814. The minimum absolute atomic E-state index is 0.107. The molecule has 28 heavy (non-hydrogen) atoms. The van der Waals surface area contributed by atoms with Crippen LogP contribution in [0.1, 0.15) is 18.1 Å². The van der Waals surface area contributed by atoms with E-state index >= 15 is 0 Å². The summed E-state index contributed by atoms with van der Waals surface area (Å²) in [5, 5.41) is 2.91. The van der Waals surface area contributed by atoms with Crippen LogP contribution in [0.3, 0.4) is 0 Å². The summed E-state index contributed by atoms with van der Waals surface area (Å²) in [6.07, 6.45) is 0. The number of hydrogen-bond donors (Lipinski definition) is 1. The summed E-state index contributed by atoms with van der Waals surface area (Å²) in [6, 6.07) is 11.5. The van der Waals surface area contributed by atoms with Gasteiger partial charge in [-0.25, -0.2) is 0 Å². The molecule has 6 nitrogen and oxygen atoms in total. The highest BCUT2D eigenvalue weighted by atomic mass is 19.3. The first-order valence-corrected chi connectivity index (χ1v) is 8.82. The minimum atomic E-state index is -2.85. The fourth-order valence-corrected chi connectivity index (χ4v) is 2.79. The van der Waals surface area contributed by atoms with E-state index in [1.54, 1.807) is 12.1 Å². The van der Waals surface area contributed by atoms with Crippen LogP contribution < -0.4 is 19.5 Å². The molecule has 0 aromatic heterocycles. The highest BCUT2D eigenvalue weighted by molar-refractivity contribution is 5.81. The zero-order chi connectivity index (χ0) is 20.1. The Morgan fingerprint density at radius 2 is 1.82 bits per heavy atom. The van der Waals surface area contributed by atoms with Crippen LogP contribution >= 0.6 is 0 Å². The molecule has 1 atom stereocenters. The van der Waals surface area contributed by atoms with Crippen molar-refractivity contribution >= 4 is 5.91 Å². The molecule has 0 spiro atoms. The summed E-state index contributed by atoms with van der Waals surface area (Å²) >= 11 is 0. The summed E-state index contributed by atoms with van der Waals surface area (Å²) in [6.45, 7) is 0.0498. The van der Waals surface area contributed by atoms with Crippen molar-refractivity contribution in [2.75, 3.05) is 13.8 Å². The molecule has 0 unspecified atom stereocenters. The van der Waals surface area contributed by atoms with E-state index in [1.165, 1.54) is 12.1 Å². The Balaban J connectivity index is 1.49. The van der Waals surface area contributed by atoms with Crippen LogP contribution in [-0.4, -0.2) is 37.3 Å². The number of rotatable bonds is 8. The summed E-state index contributed by atoms with van der Waals surface area (Å²) in [5.74, 6) is 1.37. The highest BCUT2D eigenvalue weighted by Crippen LogP contribution is 2.32. The molecular weight excluding hydrogens is 370 g/mol. The van der Waals surface area contributed by atoms with E-state index in [2.05, 4.69) is 10.1 Å². The third-order valence-corrected chi connectivity index (χ3v) is 4.52. The molecule has 1 amide bonds. The van der Waals surface area contributed by atoms with Gasteiger partial charge in [0.1, 0.15) is 5.75 Å². The van der Waals surface area contributed by atoms with E-state index in [4.69, 9.17) is 9.47 Å². The lowest BCUT2D eigenvalue weighted by molar-refractivity contribution is -0.125. The number of alkyl halides is 2. The van der Waals surface area contributed by atoms with Crippen LogP contribution in [-0.2, 0) is 17.9 Å². The minimum Gasteiger partial charge on any atom is -0.454 e. The van der Waals surface area contributed by atoms with E-state index in [0.29, 0.717) is 24.6 Å². The van der Waals surface area contributed by atoms with Gasteiger partial charge < -0.3 is 19.5 Å². The second-order valence-corrected chi connectivity index (χ2v) is 6.52. The number of carbonyl (C=O) groups is 1. The van der Waals surface area contributed by atoms with Gasteiger partial charge >= 0.3 is 6.61 Å². The maximum atomic E-state index is 12.4. The first-order valence-electron chi connectivity index (χ1n) is 8.82. The average Bonchev–Trinajstić information content (AvgIpc) is 3.14. The van der Waals surface area contributed by atoms with E-state index in [0.717, 1.165) is 11.1 Å². The standard InChI is InChI=1S/C20H22F2N2O4/c1-13(24(2)11-14-3-6-16(7-4-14)28-20(21)22)19(25)23-10-15-5-8-17-18(9-15)27-12-26-17/h3-9,13,20H,10-12H2,1-2H3,(H,23,25)/t13-/m0/s1. The SMILES string of the molecule is C[C@@H](C(=O)NCc1ccc2c(c1)OCO2)N(C)Cc1ccc(OC(F)F)cc1. The van der Waals surface area contributed by atoms with Crippen molar-refractivity contribution in [3.63, 3.8) is 0 Å². The number of benzene rings is 2. The Kier molecular flexibility index (Phi) is 6.30. The fraction of sp³-hybridized carbons (Fsp3) is 0.350. The van der Waals surface area contributed by atoms with Gasteiger partial charge in [0, 0.05) is 13.1 Å². The average molecular weight is 392 g/mol. The Morgan fingerprint density at radius 1 is 1.14 bits per heavy atom. The number of likely N-dealkylation sites (N-methyl/N-ethyl adjacent to an activating group) is 1. The number of hydrogen-bond acceptors (Lipinski definition) is 5. The number of halogens is 2. The van der Waals surface area contributed by atoms with Crippen molar-refractivity contribution in [2.45, 2.75) is 32.7 Å². The lowest BCUT2D eigenvalue weighted by Gasteiger charge is -2.24. The number of nitrogens with one attached hydrogen (secondary N) is 1. The quantitative estimate of drug-likeness (QED) is 0.748. The number of ether oxygens (including phenoxy) is 3. The van der Waals surface area contributed by atoms with Gasteiger partial charge in [0.25, 0.3) is 0 Å². The van der Waals surface area contributed by atoms with Crippen LogP contribution in [0.25, 0.3) is 0 Å². The summed E-state index contributed by atoms with van der Waals surface area (Å²) < 4.78 is 39.3. The van der Waals surface area contributed by atoms with Crippen LogP contribution in [0.15, 0.2) is 42.5 Å². The fourth-order valence-electron chi connectivity index (χ4n) is 2.79. The first kappa shape index (κ1) is 19.9. The van der Waals surface area contributed by atoms with Gasteiger partial charge in [-0.3, -0.25) is 9.69 Å². The maximum absolute atomic E-state index is 12.4. The molecular formula is C20H22F2N2O4. The largest absolute Gasteiger partial charge is 0.454 e. The van der Waals surface area contributed by atoms with Crippen LogP contribution in [0.4, 0.5) is 8.78 Å². The normalized spacial score (nSPS) is 13.6. The topological polar surface area (TPSA) is 60.0 Å². The van der Waals surface area contributed by atoms with E-state index in [1.807, 2.05) is 37.1 Å². The van der Waals surface area contributed by atoms with E-state index in [9.17, 15) is 13.6 Å². The van der Waals surface area contributed by atoms with Crippen LogP contribution in [0.5, 0.6) is 17.2 Å². The molecule has 1 heterocycles. The number of amides is 1. The van der Waals surface area contributed by atoms with Crippen LogP contribution in [0.2, 0.25) is 0 Å². The smallest absolute Gasteiger partial charge is 0.387 e. The molecule has 0 fully saturated rings. The van der Waals surface area contributed by atoms with Gasteiger partial charge in [0.2, 0.25) is 12.7 Å². The van der Waals surface area contributed by atoms with Gasteiger partial charge in [-0.15, -0.1) is 0 Å². The molecule has 2 aromatic rings. The number of fused-ring (bicyclic) bond motifs is 1. The monoisotopic (exact) mass is 392 g/mol. The third kappa shape index (κ3) is 5.10. The lowest BCUT2D eigenvalue weighted by Crippen LogP contribution is -2.42. The second-order valence-electron chi connectivity index (χ2n) is 6.52. The summed E-state index contributed by atoms with van der Waals surface area (Å²) in [4.78, 5) is 14.3. The maximum Gasteiger partial charge on any atom is 0.387 e. The Labute approximate surface area is 162 Å². The lowest BCUT2D eigenvalue weighted by atomic mass is 10.1. The van der Waals surface area contributed by atoms with Gasteiger partial charge in [-0.2, -0.15) is 8.78 Å². The zero-order valence-electron chi connectivity index (χ0n) is 15.7. The van der Waals surface area contributed by atoms with Gasteiger partial charge in [0.15, 0.2) is 11.5 Å². The first-order chi connectivity index (χ1) is 13.4. The Hall–Kier alpha value is -2.87. The van der Waals surface area contributed by atoms with Crippen molar-refractivity contribution in [1.82, 2.24) is 10.2 Å². The molecule has 0 bridgehead atoms. The molecule has 2 aromatic carbocycles. The predicted molar refractivity (Wildman–Crippen MR) is 98.4 cm³/mol. The zero-order valence-corrected chi connectivity index (χ0v) is 15.7. The predicted octanol–water partition coefficient (Wildman–Crippen LogP) is 3.15. The molecule has 1 N–H and O–H groups in total. The molecule has 1 aliphatic rings. The molecule has 1 aliphatic heterocycles. The van der Waals surface area contributed by atoms with Gasteiger partial charge in [-0.05, 0) is 49.4 Å². The molecule has 8 heteroatoms. The van der Waals surface area contributed by atoms with Crippen molar-refractivity contribution < 1.29 is 27.8 Å². The molecule has 3 rings (SSSR count). The molecule has 0 saturated carbocycles. The van der Waals surface area contributed by atoms with Gasteiger partial charge in [0.05, 0.1) is 6.04 Å². The molecule has 0 aliphatic carbocycles. The molecule has 0 saturated heterocycles. The Morgan fingerprint density at radius 3 is 2.54 bits per heavy atom. The highest BCUT2D eigenvalue weighted by Gasteiger charge is 2.19.